The molecule has 1 saturated heterocycles. The minimum Gasteiger partial charge on any atom is -0.465 e. The fraction of sp³-hybridized carbons (Fsp3) is 0.545. The summed E-state index contributed by atoms with van der Waals surface area (Å²) in [5, 5.41) is 0. The van der Waals surface area contributed by atoms with E-state index in [1.165, 1.54) is 19.4 Å². The second-order valence-corrected chi connectivity index (χ2v) is 7.89. The number of allylic oxidation sites excluding steroid dienone is 1. The lowest BCUT2D eigenvalue weighted by molar-refractivity contribution is -0.180. The van der Waals surface area contributed by atoms with E-state index in [0.29, 0.717) is 19.0 Å². The van der Waals surface area contributed by atoms with Gasteiger partial charge in [0.05, 0.1) is 19.3 Å². The average molecular weight is 372 g/mol. The number of rotatable bonds is 4. The van der Waals surface area contributed by atoms with Gasteiger partial charge in [-0.25, -0.2) is 0 Å². The zero-order chi connectivity index (χ0) is 19.8. The van der Waals surface area contributed by atoms with Crippen LogP contribution >= 0.6 is 0 Å². The molecule has 0 radical (unpaired) electrons. The van der Waals surface area contributed by atoms with E-state index < -0.39 is 0 Å². The first-order chi connectivity index (χ1) is 12.8. The molecule has 3 rings (SSSR count). The molecule has 5 nitrogen and oxygen atoms in total. The summed E-state index contributed by atoms with van der Waals surface area (Å²) in [7, 11) is 0. The molecule has 1 aliphatic heterocycles. The SMILES string of the molecule is CC(=O)OC[C@@]12CO[C@H](c3ccccc3OC(C)=O)[C@@H](C(C)=C[C@H]1C)[C@H]2C. The molecule has 1 aromatic rings. The van der Waals surface area contributed by atoms with Gasteiger partial charge < -0.3 is 14.2 Å². The maximum Gasteiger partial charge on any atom is 0.308 e. The molecule has 0 spiro atoms. The van der Waals surface area contributed by atoms with Crippen molar-refractivity contribution in [2.75, 3.05) is 13.2 Å². The van der Waals surface area contributed by atoms with Crippen LogP contribution in [0.2, 0.25) is 0 Å². The van der Waals surface area contributed by atoms with Gasteiger partial charge in [-0.3, -0.25) is 9.59 Å². The molecule has 5 heteroatoms. The monoisotopic (exact) mass is 372 g/mol. The van der Waals surface area contributed by atoms with Crippen molar-refractivity contribution in [3.63, 3.8) is 0 Å². The molecule has 1 aromatic carbocycles. The van der Waals surface area contributed by atoms with Crippen molar-refractivity contribution < 1.29 is 23.8 Å². The zero-order valence-electron chi connectivity index (χ0n) is 16.7. The van der Waals surface area contributed by atoms with Gasteiger partial charge in [0, 0.05) is 30.7 Å². The Bertz CT molecular complexity index is 768. The number of hydrogen-bond acceptors (Lipinski definition) is 5. The highest BCUT2D eigenvalue weighted by Crippen LogP contribution is 2.57. The van der Waals surface area contributed by atoms with Crippen molar-refractivity contribution in [2.45, 2.75) is 40.7 Å². The Kier molecular flexibility index (Phi) is 5.43. The van der Waals surface area contributed by atoms with Crippen LogP contribution in [0.3, 0.4) is 0 Å². The summed E-state index contributed by atoms with van der Waals surface area (Å²) in [6.07, 6.45) is 2.07. The van der Waals surface area contributed by atoms with E-state index in [4.69, 9.17) is 14.2 Å². The van der Waals surface area contributed by atoms with E-state index in [-0.39, 0.29) is 41.2 Å². The normalized spacial score (nSPS) is 32.4. The molecule has 146 valence electrons. The molecule has 0 unspecified atom stereocenters. The van der Waals surface area contributed by atoms with E-state index in [9.17, 15) is 9.59 Å². The highest BCUT2D eigenvalue weighted by atomic mass is 16.5. The molecule has 1 fully saturated rings. The van der Waals surface area contributed by atoms with Crippen molar-refractivity contribution in [2.24, 2.45) is 23.2 Å². The molecule has 1 aliphatic carbocycles. The number of ether oxygens (including phenoxy) is 3. The molecule has 5 atom stereocenters. The van der Waals surface area contributed by atoms with Crippen LogP contribution in [0.4, 0.5) is 0 Å². The molecule has 0 saturated carbocycles. The van der Waals surface area contributed by atoms with Gasteiger partial charge in [-0.15, -0.1) is 0 Å². The summed E-state index contributed by atoms with van der Waals surface area (Å²) >= 11 is 0. The Morgan fingerprint density at radius 3 is 2.56 bits per heavy atom. The Morgan fingerprint density at radius 1 is 1.19 bits per heavy atom. The van der Waals surface area contributed by atoms with Crippen LogP contribution in [0.1, 0.15) is 46.3 Å². The first-order valence-electron chi connectivity index (χ1n) is 9.47. The smallest absolute Gasteiger partial charge is 0.308 e. The van der Waals surface area contributed by atoms with E-state index in [1.54, 1.807) is 6.07 Å². The van der Waals surface area contributed by atoms with Gasteiger partial charge in [-0.2, -0.15) is 0 Å². The molecule has 2 aliphatic rings. The van der Waals surface area contributed by atoms with Crippen LogP contribution in [0, 0.1) is 23.2 Å². The number of carbonyl (C=O) groups excluding carboxylic acids is 2. The van der Waals surface area contributed by atoms with Gasteiger partial charge in [-0.1, -0.05) is 43.7 Å². The van der Waals surface area contributed by atoms with E-state index >= 15 is 0 Å². The molecule has 0 aromatic heterocycles. The number of carbonyl (C=O) groups is 2. The van der Waals surface area contributed by atoms with Crippen LogP contribution in [-0.4, -0.2) is 25.2 Å². The molecular weight excluding hydrogens is 344 g/mol. The summed E-state index contributed by atoms with van der Waals surface area (Å²) in [4.78, 5) is 22.9. The second-order valence-electron chi connectivity index (χ2n) is 7.89. The maximum absolute atomic E-state index is 11.5. The third-order valence-corrected chi connectivity index (χ3v) is 6.27. The number of benzene rings is 1. The quantitative estimate of drug-likeness (QED) is 0.453. The van der Waals surface area contributed by atoms with Gasteiger partial charge in [0.1, 0.15) is 5.75 Å². The minimum absolute atomic E-state index is 0.127. The average Bonchev–Trinajstić information content (AvgIpc) is 2.59. The van der Waals surface area contributed by atoms with Crippen molar-refractivity contribution >= 4 is 11.9 Å². The fourth-order valence-corrected chi connectivity index (χ4v) is 4.74. The lowest BCUT2D eigenvalue weighted by Crippen LogP contribution is -2.54. The van der Waals surface area contributed by atoms with Crippen molar-refractivity contribution in [3.05, 3.63) is 41.5 Å². The number of hydrogen-bond donors (Lipinski definition) is 0. The summed E-state index contributed by atoms with van der Waals surface area (Å²) in [6.45, 7) is 10.2. The van der Waals surface area contributed by atoms with Crippen LogP contribution in [-0.2, 0) is 19.1 Å². The summed E-state index contributed by atoms with van der Waals surface area (Å²) in [5.74, 6) is 0.547. The van der Waals surface area contributed by atoms with Gasteiger partial charge >= 0.3 is 11.9 Å². The Hall–Kier alpha value is -2.14. The first-order valence-corrected chi connectivity index (χ1v) is 9.47. The van der Waals surface area contributed by atoms with Crippen LogP contribution in [0.15, 0.2) is 35.9 Å². The molecule has 1 heterocycles. The van der Waals surface area contributed by atoms with Gasteiger partial charge in [0.2, 0.25) is 0 Å². The lowest BCUT2D eigenvalue weighted by atomic mass is 9.56. The van der Waals surface area contributed by atoms with Crippen molar-refractivity contribution in [1.29, 1.82) is 0 Å². The summed E-state index contributed by atoms with van der Waals surface area (Å²) in [6, 6.07) is 7.54. The Balaban J connectivity index is 1.98. The zero-order valence-corrected chi connectivity index (χ0v) is 16.7. The predicted octanol–water partition coefficient (Wildman–Crippen LogP) is 4.08. The Labute approximate surface area is 160 Å². The van der Waals surface area contributed by atoms with Crippen LogP contribution in [0.5, 0.6) is 5.75 Å². The number of fused-ring (bicyclic) bond motifs is 2. The third kappa shape index (κ3) is 3.53. The highest BCUT2D eigenvalue weighted by Gasteiger charge is 2.54. The van der Waals surface area contributed by atoms with Gasteiger partial charge in [0.15, 0.2) is 0 Å². The van der Waals surface area contributed by atoms with Crippen molar-refractivity contribution in [1.82, 2.24) is 0 Å². The highest BCUT2D eigenvalue weighted by molar-refractivity contribution is 5.70. The molecule has 0 amide bonds. The predicted molar refractivity (Wildman–Crippen MR) is 101 cm³/mol. The Morgan fingerprint density at radius 2 is 1.89 bits per heavy atom. The van der Waals surface area contributed by atoms with E-state index in [2.05, 4.69) is 26.8 Å². The third-order valence-electron chi connectivity index (χ3n) is 6.27. The standard InChI is InChI=1S/C22H28O5/c1-13-10-14(2)22(11-25-16(4)23)12-26-21(20(13)15(22)3)18-8-6-7-9-19(18)27-17(5)24/h6-10,14-15,20-21H,11-12H2,1-5H3/t14-,15-,20+,21-,22-/m1/s1. The molecular formula is C22H28O5. The van der Waals surface area contributed by atoms with Crippen LogP contribution in [0.25, 0.3) is 0 Å². The van der Waals surface area contributed by atoms with Crippen LogP contribution < -0.4 is 4.74 Å². The van der Waals surface area contributed by atoms with E-state index in [0.717, 1.165) is 5.56 Å². The fourth-order valence-electron chi connectivity index (χ4n) is 4.74. The largest absolute Gasteiger partial charge is 0.465 e. The second kappa shape index (κ2) is 7.47. The molecule has 0 N–H and O–H groups in total. The van der Waals surface area contributed by atoms with Gasteiger partial charge in [-0.05, 0) is 24.8 Å². The topological polar surface area (TPSA) is 61.8 Å². The molecule has 2 bridgehead atoms. The first kappa shape index (κ1) is 19.6. The summed E-state index contributed by atoms with van der Waals surface area (Å²) in [5.41, 5.74) is 1.90. The van der Waals surface area contributed by atoms with Crippen molar-refractivity contribution in [3.8, 4) is 5.75 Å². The number of esters is 2. The molecule has 27 heavy (non-hydrogen) atoms. The van der Waals surface area contributed by atoms with E-state index in [1.807, 2.05) is 18.2 Å². The number of para-hydroxylation sites is 1. The summed E-state index contributed by atoms with van der Waals surface area (Å²) < 4.78 is 17.2. The minimum atomic E-state index is -0.347. The maximum atomic E-state index is 11.5. The lowest BCUT2D eigenvalue weighted by Gasteiger charge is -2.55. The van der Waals surface area contributed by atoms with Gasteiger partial charge in [0.25, 0.3) is 0 Å².